The van der Waals surface area contributed by atoms with Gasteiger partial charge in [0.15, 0.2) is 0 Å². The molecule has 0 radical (unpaired) electrons. The number of carbonyl (C=O) groups is 1. The first-order chi connectivity index (χ1) is 12.8. The average Bonchev–Trinajstić information content (AvgIpc) is 3.26. The maximum absolute atomic E-state index is 12.8. The molecular formula is C20H29ClN2O3S. The van der Waals surface area contributed by atoms with Crippen LogP contribution in [0.3, 0.4) is 0 Å². The van der Waals surface area contributed by atoms with E-state index < -0.39 is 10.0 Å². The molecule has 0 heterocycles. The molecule has 27 heavy (non-hydrogen) atoms. The van der Waals surface area contributed by atoms with Crippen LogP contribution < -0.4 is 5.32 Å². The number of carbonyl (C=O) groups excluding carboxylic acids is 1. The molecule has 0 spiro atoms. The lowest BCUT2D eigenvalue weighted by Crippen LogP contribution is -2.40. The topological polar surface area (TPSA) is 66.5 Å². The molecule has 0 aliphatic heterocycles. The zero-order chi connectivity index (χ0) is 19.8. The molecule has 1 aromatic carbocycles. The van der Waals surface area contributed by atoms with Crippen molar-refractivity contribution in [2.24, 2.45) is 17.8 Å². The summed E-state index contributed by atoms with van der Waals surface area (Å²) in [6, 6.07) is 4.58. The Morgan fingerprint density at radius 3 is 2.52 bits per heavy atom. The SMILES string of the molecule is CCN(CC)S(=O)(=O)c1cc(C(=O)N[C@H](C)[C@H]2C[C@H]3CC[C@H]2C3)ccc1Cl. The third kappa shape index (κ3) is 4.03. The van der Waals surface area contributed by atoms with E-state index in [4.69, 9.17) is 11.6 Å². The van der Waals surface area contributed by atoms with Gasteiger partial charge in [0.1, 0.15) is 4.90 Å². The van der Waals surface area contributed by atoms with Crippen LogP contribution in [0.4, 0.5) is 0 Å². The highest BCUT2D eigenvalue weighted by atomic mass is 35.5. The van der Waals surface area contributed by atoms with Crippen molar-refractivity contribution < 1.29 is 13.2 Å². The second-order valence-corrected chi connectivity index (χ2v) is 10.1. The van der Waals surface area contributed by atoms with Crippen molar-refractivity contribution in [1.82, 2.24) is 9.62 Å². The Kier molecular flexibility index (Phi) is 6.18. The number of amides is 1. The molecule has 7 heteroatoms. The average molecular weight is 413 g/mol. The summed E-state index contributed by atoms with van der Waals surface area (Å²) < 4.78 is 27.0. The third-order valence-corrected chi connectivity index (χ3v) is 8.84. The standard InChI is InChI=1S/C20H29ClN2O3S/c1-4-23(5-2)27(25,26)19-12-16(8-9-18(19)21)20(24)22-13(3)17-11-14-6-7-15(17)10-14/h8-9,12-15,17H,4-7,10-11H2,1-3H3,(H,22,24)/t13-,14+,15+,17-/m1/s1. The molecule has 1 aromatic rings. The third-order valence-electron chi connectivity index (χ3n) is 6.31. The minimum absolute atomic E-state index is 0.00640. The lowest BCUT2D eigenvalue weighted by molar-refractivity contribution is 0.0915. The fraction of sp³-hybridized carbons (Fsp3) is 0.650. The first-order valence-corrected chi connectivity index (χ1v) is 11.7. The molecule has 2 aliphatic carbocycles. The van der Waals surface area contributed by atoms with Gasteiger partial charge in [-0.15, -0.1) is 0 Å². The van der Waals surface area contributed by atoms with E-state index >= 15 is 0 Å². The Bertz CT molecular complexity index is 807. The van der Waals surface area contributed by atoms with E-state index in [2.05, 4.69) is 12.2 Å². The molecule has 0 saturated heterocycles. The first kappa shape index (κ1) is 20.6. The van der Waals surface area contributed by atoms with E-state index in [1.54, 1.807) is 19.9 Å². The minimum Gasteiger partial charge on any atom is -0.349 e. The molecule has 1 N–H and O–H groups in total. The normalized spacial score (nSPS) is 25.7. The quantitative estimate of drug-likeness (QED) is 0.737. The Morgan fingerprint density at radius 2 is 1.96 bits per heavy atom. The summed E-state index contributed by atoms with van der Waals surface area (Å²) >= 11 is 6.16. The molecule has 4 atom stereocenters. The summed E-state index contributed by atoms with van der Waals surface area (Å²) in [7, 11) is -3.72. The number of nitrogens with one attached hydrogen (secondary N) is 1. The predicted octanol–water partition coefficient (Wildman–Crippen LogP) is 3.93. The zero-order valence-corrected chi connectivity index (χ0v) is 17.8. The van der Waals surface area contributed by atoms with Gasteiger partial charge in [-0.05, 0) is 62.1 Å². The van der Waals surface area contributed by atoms with E-state index in [-0.39, 0.29) is 21.9 Å². The van der Waals surface area contributed by atoms with Crippen LogP contribution in [-0.2, 0) is 10.0 Å². The Hall–Kier alpha value is -1.11. The number of rotatable bonds is 7. The number of hydrogen-bond acceptors (Lipinski definition) is 3. The number of sulfonamides is 1. The maximum atomic E-state index is 12.8. The largest absolute Gasteiger partial charge is 0.349 e. The van der Waals surface area contributed by atoms with Crippen molar-refractivity contribution in [3.05, 3.63) is 28.8 Å². The highest BCUT2D eigenvalue weighted by molar-refractivity contribution is 7.89. The summed E-state index contributed by atoms with van der Waals surface area (Å²) in [5.41, 5.74) is 0.333. The number of nitrogens with zero attached hydrogens (tertiary/aromatic N) is 1. The van der Waals surface area contributed by atoms with Crippen LogP contribution in [0.2, 0.25) is 5.02 Å². The van der Waals surface area contributed by atoms with Gasteiger partial charge in [-0.25, -0.2) is 8.42 Å². The molecule has 2 saturated carbocycles. The maximum Gasteiger partial charge on any atom is 0.251 e. The fourth-order valence-electron chi connectivity index (χ4n) is 4.85. The van der Waals surface area contributed by atoms with E-state index in [9.17, 15) is 13.2 Å². The number of hydrogen-bond donors (Lipinski definition) is 1. The molecule has 5 nitrogen and oxygen atoms in total. The van der Waals surface area contributed by atoms with Crippen molar-refractivity contribution in [1.29, 1.82) is 0 Å². The van der Waals surface area contributed by atoms with Gasteiger partial charge in [-0.2, -0.15) is 4.31 Å². The highest BCUT2D eigenvalue weighted by Crippen LogP contribution is 2.49. The zero-order valence-electron chi connectivity index (χ0n) is 16.2. The molecule has 2 bridgehead atoms. The predicted molar refractivity (Wildman–Crippen MR) is 107 cm³/mol. The van der Waals surface area contributed by atoms with E-state index in [0.717, 1.165) is 5.92 Å². The number of halogens is 1. The van der Waals surface area contributed by atoms with Crippen LogP contribution in [0, 0.1) is 17.8 Å². The first-order valence-electron chi connectivity index (χ1n) is 9.88. The molecular weight excluding hydrogens is 384 g/mol. The molecule has 0 unspecified atom stereocenters. The summed E-state index contributed by atoms with van der Waals surface area (Å²) in [5.74, 6) is 1.83. The number of benzene rings is 1. The summed E-state index contributed by atoms with van der Waals surface area (Å²) in [6.45, 7) is 6.33. The second-order valence-electron chi connectivity index (χ2n) is 7.84. The monoisotopic (exact) mass is 412 g/mol. The van der Waals surface area contributed by atoms with Crippen molar-refractivity contribution in [3.8, 4) is 0 Å². The van der Waals surface area contributed by atoms with Crippen molar-refractivity contribution in [3.63, 3.8) is 0 Å². The van der Waals surface area contributed by atoms with Gasteiger partial charge in [0.25, 0.3) is 5.91 Å². The van der Waals surface area contributed by atoms with Gasteiger partial charge >= 0.3 is 0 Å². The summed E-state index contributed by atoms with van der Waals surface area (Å²) in [5, 5.41) is 3.23. The van der Waals surface area contributed by atoms with Gasteiger partial charge in [0.05, 0.1) is 5.02 Å². The Morgan fingerprint density at radius 1 is 1.26 bits per heavy atom. The van der Waals surface area contributed by atoms with Crippen LogP contribution in [0.15, 0.2) is 23.1 Å². The molecule has 150 valence electrons. The fourth-order valence-corrected chi connectivity index (χ4v) is 6.81. The molecule has 1 amide bonds. The lowest BCUT2D eigenvalue weighted by Gasteiger charge is -2.28. The van der Waals surface area contributed by atoms with E-state index in [0.29, 0.717) is 30.5 Å². The van der Waals surface area contributed by atoms with Crippen LogP contribution in [0.5, 0.6) is 0 Å². The highest BCUT2D eigenvalue weighted by Gasteiger charge is 2.42. The Labute approximate surface area is 167 Å². The van der Waals surface area contributed by atoms with Crippen LogP contribution in [0.1, 0.15) is 56.8 Å². The summed E-state index contributed by atoms with van der Waals surface area (Å²) in [4.78, 5) is 12.7. The van der Waals surface area contributed by atoms with Crippen LogP contribution in [-0.4, -0.2) is 37.8 Å². The van der Waals surface area contributed by atoms with Crippen molar-refractivity contribution >= 4 is 27.5 Å². The smallest absolute Gasteiger partial charge is 0.251 e. The van der Waals surface area contributed by atoms with Crippen molar-refractivity contribution in [2.75, 3.05) is 13.1 Å². The second kappa shape index (κ2) is 8.10. The van der Waals surface area contributed by atoms with Crippen molar-refractivity contribution in [2.45, 2.75) is 57.4 Å². The number of fused-ring (bicyclic) bond motifs is 2. The van der Waals surface area contributed by atoms with Gasteiger partial charge in [-0.3, -0.25) is 4.79 Å². The van der Waals surface area contributed by atoms with Crippen LogP contribution in [0.25, 0.3) is 0 Å². The molecule has 2 fully saturated rings. The van der Waals surface area contributed by atoms with Gasteiger partial charge in [0.2, 0.25) is 10.0 Å². The van der Waals surface area contributed by atoms with E-state index in [1.807, 2.05) is 0 Å². The van der Waals surface area contributed by atoms with Gasteiger partial charge in [0, 0.05) is 24.7 Å². The lowest BCUT2D eigenvalue weighted by atomic mass is 9.84. The molecule has 0 aromatic heterocycles. The van der Waals surface area contributed by atoms with Gasteiger partial charge < -0.3 is 5.32 Å². The van der Waals surface area contributed by atoms with Crippen LogP contribution >= 0.6 is 11.6 Å². The summed E-state index contributed by atoms with van der Waals surface area (Å²) in [6.07, 6.45) is 5.07. The minimum atomic E-state index is -3.72. The molecule has 2 aliphatic rings. The Balaban J connectivity index is 1.78. The van der Waals surface area contributed by atoms with Gasteiger partial charge in [-0.1, -0.05) is 31.9 Å². The molecule has 3 rings (SSSR count). The van der Waals surface area contributed by atoms with E-state index in [1.165, 1.54) is 42.1 Å².